The van der Waals surface area contributed by atoms with Gasteiger partial charge in [-0.1, -0.05) is 13.8 Å². The monoisotopic (exact) mass is 518 g/mol. The lowest BCUT2D eigenvalue weighted by molar-refractivity contribution is -0.199. The third kappa shape index (κ3) is 8.83. The van der Waals surface area contributed by atoms with E-state index in [1.807, 2.05) is 0 Å². The van der Waals surface area contributed by atoms with Crippen LogP contribution in [0.3, 0.4) is 0 Å². The summed E-state index contributed by atoms with van der Waals surface area (Å²) in [6.07, 6.45) is -12.8. The molecule has 0 aromatic rings. The van der Waals surface area contributed by atoms with Crippen molar-refractivity contribution in [2.75, 3.05) is 39.6 Å². The van der Waals surface area contributed by atoms with Crippen molar-refractivity contribution in [3.8, 4) is 0 Å². The van der Waals surface area contributed by atoms with Gasteiger partial charge in [0.25, 0.3) is 0 Å². The maximum absolute atomic E-state index is 12.1. The minimum Gasteiger partial charge on any atom is -0.461 e. The first kappa shape index (κ1) is 33.5. The van der Waals surface area contributed by atoms with Crippen LogP contribution < -0.4 is 0 Å². The predicted octanol–water partition coefficient (Wildman–Crippen LogP) is -5.48. The van der Waals surface area contributed by atoms with Crippen molar-refractivity contribution < 1.29 is 74.9 Å². The van der Waals surface area contributed by atoms with Crippen LogP contribution in [-0.2, 0) is 23.8 Å². The molecule has 0 aliphatic rings. The number of aliphatic hydroxyl groups excluding tert-OH is 8. The quantitative estimate of drug-likeness (QED) is 0.0599. The highest BCUT2D eigenvalue weighted by molar-refractivity contribution is 5.80. The second kappa shape index (κ2) is 15.6. The SMILES string of the molecule is CCC(O)(C(=O)OCCOCCOC(=O)C(O)(CC)C(O)C(O)C(O)CO)C(O)C(O)C(O)CO. The molecule has 8 unspecified atom stereocenters. The van der Waals surface area contributed by atoms with E-state index in [0.29, 0.717) is 0 Å². The molecule has 10 N–H and O–H groups in total. The van der Waals surface area contributed by atoms with Crippen molar-refractivity contribution in [2.45, 2.75) is 74.5 Å². The van der Waals surface area contributed by atoms with Crippen LogP contribution in [0.5, 0.6) is 0 Å². The van der Waals surface area contributed by atoms with Crippen LogP contribution >= 0.6 is 0 Å². The Bertz CT molecular complexity index is 582. The summed E-state index contributed by atoms with van der Waals surface area (Å²) in [5, 5.41) is 96.6. The van der Waals surface area contributed by atoms with E-state index in [0.717, 1.165) is 0 Å². The fourth-order valence-electron chi connectivity index (χ4n) is 2.89. The molecule has 0 radical (unpaired) electrons. The molecule has 0 spiro atoms. The molecule has 0 saturated heterocycles. The van der Waals surface area contributed by atoms with Crippen LogP contribution in [0.25, 0.3) is 0 Å². The Morgan fingerprint density at radius 1 is 0.657 bits per heavy atom. The molecule has 0 aliphatic heterocycles. The van der Waals surface area contributed by atoms with E-state index in [9.17, 15) is 50.4 Å². The number of aliphatic hydroxyl groups is 10. The molecule has 0 aromatic carbocycles. The maximum Gasteiger partial charge on any atom is 0.341 e. The third-order valence-corrected chi connectivity index (χ3v) is 5.49. The molecule has 0 bridgehead atoms. The van der Waals surface area contributed by atoms with Gasteiger partial charge in [0.15, 0.2) is 11.2 Å². The van der Waals surface area contributed by atoms with Crippen LogP contribution in [0.2, 0.25) is 0 Å². The standard InChI is InChI=1S/C20H38O15/c1-3-19(31,15(27)13(25)11(23)9-21)17(29)34-7-5-33-6-8-35-18(30)20(32,4-2)16(28)14(26)12(24)10-22/h11-16,21-28,31-32H,3-10H2,1-2H3. The minimum atomic E-state index is -2.58. The first-order chi connectivity index (χ1) is 16.3. The maximum atomic E-state index is 12.1. The molecular weight excluding hydrogens is 480 g/mol. The van der Waals surface area contributed by atoms with E-state index < -0.39 is 99.0 Å². The van der Waals surface area contributed by atoms with Gasteiger partial charge in [0.2, 0.25) is 0 Å². The summed E-state index contributed by atoms with van der Waals surface area (Å²) in [7, 11) is 0. The van der Waals surface area contributed by atoms with E-state index in [-0.39, 0.29) is 13.2 Å². The number of carbonyl (C=O) groups is 2. The third-order valence-electron chi connectivity index (χ3n) is 5.49. The van der Waals surface area contributed by atoms with Gasteiger partial charge >= 0.3 is 11.9 Å². The van der Waals surface area contributed by atoms with Crippen LogP contribution in [0, 0.1) is 0 Å². The van der Waals surface area contributed by atoms with Crippen molar-refractivity contribution in [1.29, 1.82) is 0 Å². The van der Waals surface area contributed by atoms with Gasteiger partial charge < -0.3 is 65.3 Å². The van der Waals surface area contributed by atoms with Crippen LogP contribution in [0.15, 0.2) is 0 Å². The first-order valence-electron chi connectivity index (χ1n) is 10.9. The average Bonchev–Trinajstić information content (AvgIpc) is 2.88. The zero-order chi connectivity index (χ0) is 27.4. The number of hydrogen-bond donors (Lipinski definition) is 10. The fraction of sp³-hybridized carbons (Fsp3) is 0.900. The second-order valence-corrected chi connectivity index (χ2v) is 7.81. The lowest BCUT2D eigenvalue weighted by Crippen LogP contribution is -2.58. The van der Waals surface area contributed by atoms with Gasteiger partial charge in [-0.05, 0) is 12.8 Å². The minimum absolute atomic E-state index is 0.261. The zero-order valence-corrected chi connectivity index (χ0v) is 19.6. The van der Waals surface area contributed by atoms with Gasteiger partial charge in [-0.25, -0.2) is 9.59 Å². The molecular formula is C20H38O15. The molecule has 35 heavy (non-hydrogen) atoms. The Morgan fingerprint density at radius 2 is 0.971 bits per heavy atom. The zero-order valence-electron chi connectivity index (χ0n) is 19.6. The summed E-state index contributed by atoms with van der Waals surface area (Å²) in [5.74, 6) is -2.64. The van der Waals surface area contributed by atoms with Crippen molar-refractivity contribution >= 4 is 11.9 Å². The Hall–Kier alpha value is -1.50. The number of ether oxygens (including phenoxy) is 3. The Morgan fingerprint density at radius 3 is 1.23 bits per heavy atom. The number of carbonyl (C=O) groups excluding carboxylic acids is 2. The van der Waals surface area contributed by atoms with Crippen LogP contribution in [-0.4, -0.2) is 150 Å². The molecule has 208 valence electrons. The van der Waals surface area contributed by atoms with Gasteiger partial charge in [0, 0.05) is 0 Å². The smallest absolute Gasteiger partial charge is 0.341 e. The van der Waals surface area contributed by atoms with E-state index in [1.54, 1.807) is 0 Å². The van der Waals surface area contributed by atoms with Crippen molar-refractivity contribution in [2.24, 2.45) is 0 Å². The molecule has 0 rings (SSSR count). The Kier molecular flexibility index (Phi) is 14.9. The molecule has 0 amide bonds. The fourth-order valence-corrected chi connectivity index (χ4v) is 2.89. The average molecular weight is 519 g/mol. The highest BCUT2D eigenvalue weighted by atomic mass is 16.6. The molecule has 0 aliphatic carbocycles. The Labute approximate surface area is 201 Å². The molecule has 0 saturated carbocycles. The van der Waals surface area contributed by atoms with Crippen LogP contribution in [0.4, 0.5) is 0 Å². The van der Waals surface area contributed by atoms with E-state index in [4.69, 9.17) is 24.4 Å². The summed E-state index contributed by atoms with van der Waals surface area (Å²) in [6, 6.07) is 0. The van der Waals surface area contributed by atoms with Crippen molar-refractivity contribution in [3.05, 3.63) is 0 Å². The van der Waals surface area contributed by atoms with E-state index in [2.05, 4.69) is 0 Å². The van der Waals surface area contributed by atoms with Gasteiger partial charge in [-0.15, -0.1) is 0 Å². The molecule has 15 heteroatoms. The number of esters is 2. The second-order valence-electron chi connectivity index (χ2n) is 7.81. The van der Waals surface area contributed by atoms with Gasteiger partial charge in [0.05, 0.1) is 26.4 Å². The lowest BCUT2D eigenvalue weighted by atomic mass is 9.88. The molecule has 15 nitrogen and oxygen atoms in total. The van der Waals surface area contributed by atoms with Gasteiger partial charge in [-0.3, -0.25) is 0 Å². The summed E-state index contributed by atoms with van der Waals surface area (Å²) in [4.78, 5) is 24.3. The lowest BCUT2D eigenvalue weighted by Gasteiger charge is -2.34. The number of rotatable bonds is 18. The normalized spacial score (nSPS) is 20.5. The van der Waals surface area contributed by atoms with E-state index >= 15 is 0 Å². The number of hydrogen-bond acceptors (Lipinski definition) is 15. The highest BCUT2D eigenvalue weighted by Crippen LogP contribution is 2.23. The van der Waals surface area contributed by atoms with E-state index in [1.165, 1.54) is 13.8 Å². The van der Waals surface area contributed by atoms with Crippen molar-refractivity contribution in [3.63, 3.8) is 0 Å². The van der Waals surface area contributed by atoms with Crippen LogP contribution in [0.1, 0.15) is 26.7 Å². The van der Waals surface area contributed by atoms with Crippen molar-refractivity contribution in [1.82, 2.24) is 0 Å². The summed E-state index contributed by atoms with van der Waals surface area (Å²) >= 11 is 0. The predicted molar refractivity (Wildman–Crippen MR) is 113 cm³/mol. The topological polar surface area (TPSA) is 264 Å². The molecule has 0 heterocycles. The molecule has 0 aromatic heterocycles. The largest absolute Gasteiger partial charge is 0.461 e. The molecule has 0 fully saturated rings. The van der Waals surface area contributed by atoms with Gasteiger partial charge in [-0.2, -0.15) is 0 Å². The first-order valence-corrected chi connectivity index (χ1v) is 10.9. The summed E-state index contributed by atoms with van der Waals surface area (Å²) in [5.41, 5.74) is -5.16. The molecule has 8 atom stereocenters. The summed E-state index contributed by atoms with van der Waals surface area (Å²) in [6.45, 7) is -0.605. The highest BCUT2D eigenvalue weighted by Gasteiger charge is 2.49. The summed E-state index contributed by atoms with van der Waals surface area (Å²) < 4.78 is 14.6. The Balaban J connectivity index is 4.58. The van der Waals surface area contributed by atoms with Gasteiger partial charge in [0.1, 0.15) is 49.8 Å².